The molecular weight excluding hydrogens is 388 g/mol. The molecule has 1 N–H and O–H groups in total. The van der Waals surface area contributed by atoms with Gasteiger partial charge in [0.05, 0.1) is 10.5 Å². The number of hydrogen-bond donors (Lipinski definition) is 1. The first kappa shape index (κ1) is 20.7. The van der Waals surface area contributed by atoms with E-state index in [1.54, 1.807) is 29.2 Å². The first-order valence-electron chi connectivity index (χ1n) is 9.32. The van der Waals surface area contributed by atoms with Gasteiger partial charge in [0.25, 0.3) is 5.91 Å². The Labute approximate surface area is 173 Å². The topological polar surface area (TPSA) is 79.2 Å². The van der Waals surface area contributed by atoms with Crippen LogP contribution in [0.4, 0.5) is 0 Å². The van der Waals surface area contributed by atoms with E-state index in [1.165, 1.54) is 11.8 Å². The molecule has 6 nitrogen and oxygen atoms in total. The molecule has 150 valence electrons. The molecule has 1 saturated heterocycles. The minimum absolute atomic E-state index is 0.0187. The predicted molar refractivity (Wildman–Crippen MR) is 115 cm³/mol. The Hall–Kier alpha value is -3.06. The van der Waals surface area contributed by atoms with Gasteiger partial charge < -0.3 is 9.84 Å². The molecule has 1 aliphatic heterocycles. The van der Waals surface area contributed by atoms with Gasteiger partial charge in [0.2, 0.25) is 0 Å². The number of thioether (sulfide) groups is 1. The fraction of sp³-hybridized carbons (Fsp3) is 0.227. The van der Waals surface area contributed by atoms with Gasteiger partial charge in [-0.2, -0.15) is 0 Å². The van der Waals surface area contributed by atoms with Crippen LogP contribution >= 0.6 is 11.8 Å². The molecule has 3 rings (SSSR count). The number of carbonyl (C=O) groups is 2. The number of aliphatic imine (C=N–C) groups is 1. The van der Waals surface area contributed by atoms with E-state index in [9.17, 15) is 9.59 Å². The minimum atomic E-state index is -0.948. The van der Waals surface area contributed by atoms with Gasteiger partial charge in [-0.3, -0.25) is 14.7 Å². The number of carboxylic acids is 1. The summed E-state index contributed by atoms with van der Waals surface area (Å²) in [6.45, 7) is 5.48. The second kappa shape index (κ2) is 9.43. The van der Waals surface area contributed by atoms with Crippen molar-refractivity contribution in [2.24, 2.45) is 4.99 Å². The summed E-state index contributed by atoms with van der Waals surface area (Å²) in [5, 5.41) is 9.68. The lowest BCUT2D eigenvalue weighted by Gasteiger charge is -2.11. The van der Waals surface area contributed by atoms with E-state index in [0.717, 1.165) is 16.3 Å². The lowest BCUT2D eigenvalue weighted by molar-refractivity contribution is -0.122. The molecule has 2 aromatic rings. The van der Waals surface area contributed by atoms with E-state index in [2.05, 4.69) is 4.99 Å². The van der Waals surface area contributed by atoms with Crippen molar-refractivity contribution in [3.05, 3.63) is 70.1 Å². The zero-order chi connectivity index (χ0) is 20.8. The number of amides is 1. The fourth-order valence-corrected chi connectivity index (χ4v) is 3.87. The summed E-state index contributed by atoms with van der Waals surface area (Å²) in [5.74, 6) is -0.269. The lowest BCUT2D eigenvalue weighted by atomic mass is 10.1. The normalized spacial score (nSPS) is 16.6. The first-order valence-corrected chi connectivity index (χ1v) is 10.1. The van der Waals surface area contributed by atoms with Crippen LogP contribution in [-0.4, -0.2) is 40.1 Å². The van der Waals surface area contributed by atoms with Gasteiger partial charge in [-0.25, -0.2) is 4.79 Å². The summed E-state index contributed by atoms with van der Waals surface area (Å²) >= 11 is 1.40. The van der Waals surface area contributed by atoms with Crippen LogP contribution in [0.25, 0.3) is 6.08 Å². The summed E-state index contributed by atoms with van der Waals surface area (Å²) in [6.07, 6.45) is 1.86. The molecule has 1 heterocycles. The third kappa shape index (κ3) is 5.06. The van der Waals surface area contributed by atoms with Crippen LogP contribution in [0, 0.1) is 0 Å². The van der Waals surface area contributed by atoms with Crippen LogP contribution in [0.15, 0.2) is 58.4 Å². The maximum absolute atomic E-state index is 12.5. The molecule has 1 aliphatic rings. The lowest BCUT2D eigenvalue weighted by Crippen LogP contribution is -2.28. The van der Waals surface area contributed by atoms with Crippen LogP contribution in [0.1, 0.15) is 35.3 Å². The van der Waals surface area contributed by atoms with Gasteiger partial charge >= 0.3 is 5.97 Å². The molecule has 1 amide bonds. The van der Waals surface area contributed by atoms with E-state index >= 15 is 0 Å². The Balaban J connectivity index is 1.64. The molecule has 0 bridgehead atoms. The largest absolute Gasteiger partial charge is 0.489 e. The standard InChI is InChI=1S/C22H22N2O4S/c1-3-23-22-24(4-2)20(25)19(29-22)13-15-7-11-18(12-8-15)28-14-16-5-9-17(10-6-16)21(26)27/h5-13H,3-4,14H2,1-2H3,(H,26,27)/b19-13+,23-22?. The number of hydrogen-bond acceptors (Lipinski definition) is 5. The summed E-state index contributed by atoms with van der Waals surface area (Å²) in [6, 6.07) is 14.1. The summed E-state index contributed by atoms with van der Waals surface area (Å²) < 4.78 is 5.75. The average Bonchev–Trinajstić information content (AvgIpc) is 3.02. The van der Waals surface area contributed by atoms with Crippen molar-refractivity contribution in [3.63, 3.8) is 0 Å². The van der Waals surface area contributed by atoms with Crippen molar-refractivity contribution in [1.82, 2.24) is 4.90 Å². The molecule has 0 radical (unpaired) electrons. The number of benzene rings is 2. The van der Waals surface area contributed by atoms with Crippen LogP contribution in [0.3, 0.4) is 0 Å². The summed E-state index contributed by atoms with van der Waals surface area (Å²) in [5.41, 5.74) is 2.05. The Morgan fingerprint density at radius 3 is 2.41 bits per heavy atom. The highest BCUT2D eigenvalue weighted by Gasteiger charge is 2.31. The van der Waals surface area contributed by atoms with E-state index in [4.69, 9.17) is 9.84 Å². The molecule has 0 aromatic heterocycles. The van der Waals surface area contributed by atoms with Gasteiger partial charge in [0, 0.05) is 13.1 Å². The number of ether oxygens (including phenoxy) is 1. The Morgan fingerprint density at radius 2 is 1.83 bits per heavy atom. The molecule has 0 spiro atoms. The second-order valence-corrected chi connectivity index (χ2v) is 7.29. The molecule has 7 heteroatoms. The highest BCUT2D eigenvalue weighted by Crippen LogP contribution is 2.32. The summed E-state index contributed by atoms with van der Waals surface area (Å²) in [7, 11) is 0. The van der Waals surface area contributed by atoms with E-state index < -0.39 is 5.97 Å². The number of amidine groups is 1. The Bertz CT molecular complexity index is 950. The van der Waals surface area contributed by atoms with Crippen molar-refractivity contribution in [2.45, 2.75) is 20.5 Å². The quantitative estimate of drug-likeness (QED) is 0.690. The Kier molecular flexibility index (Phi) is 6.72. The second-order valence-electron chi connectivity index (χ2n) is 6.28. The van der Waals surface area contributed by atoms with Crippen LogP contribution < -0.4 is 4.74 Å². The van der Waals surface area contributed by atoms with Gasteiger partial charge in [0.15, 0.2) is 5.17 Å². The fourth-order valence-electron chi connectivity index (χ4n) is 2.76. The third-order valence-corrected chi connectivity index (χ3v) is 5.33. The van der Waals surface area contributed by atoms with E-state index in [-0.39, 0.29) is 11.5 Å². The van der Waals surface area contributed by atoms with Crippen LogP contribution in [-0.2, 0) is 11.4 Å². The van der Waals surface area contributed by atoms with Crippen LogP contribution in [0.2, 0.25) is 0 Å². The van der Waals surface area contributed by atoms with Gasteiger partial charge in [-0.1, -0.05) is 24.3 Å². The summed E-state index contributed by atoms with van der Waals surface area (Å²) in [4.78, 5) is 30.1. The SMILES string of the molecule is CCN=C1S/C(=C/c2ccc(OCc3ccc(C(=O)O)cc3)cc2)C(=O)N1CC. The molecule has 29 heavy (non-hydrogen) atoms. The van der Waals surface area contributed by atoms with Crippen molar-refractivity contribution >= 4 is 34.9 Å². The highest BCUT2D eigenvalue weighted by molar-refractivity contribution is 8.18. The predicted octanol–water partition coefficient (Wildman–Crippen LogP) is 4.28. The van der Waals surface area contributed by atoms with Crippen molar-refractivity contribution < 1.29 is 19.4 Å². The van der Waals surface area contributed by atoms with Crippen molar-refractivity contribution in [3.8, 4) is 5.75 Å². The number of carbonyl (C=O) groups excluding carboxylic acids is 1. The van der Waals surface area contributed by atoms with E-state index in [1.807, 2.05) is 44.2 Å². The van der Waals surface area contributed by atoms with E-state index in [0.29, 0.717) is 30.4 Å². The van der Waals surface area contributed by atoms with Crippen LogP contribution in [0.5, 0.6) is 5.75 Å². The number of rotatable bonds is 7. The molecular formula is C22H22N2O4S. The number of aromatic carboxylic acids is 1. The van der Waals surface area contributed by atoms with Gasteiger partial charge in [-0.15, -0.1) is 0 Å². The third-order valence-electron chi connectivity index (χ3n) is 4.28. The zero-order valence-corrected chi connectivity index (χ0v) is 17.1. The number of likely N-dealkylation sites (N-methyl/N-ethyl adjacent to an activating group) is 1. The number of carboxylic acid groups (broad SMARTS) is 1. The molecule has 0 atom stereocenters. The van der Waals surface area contributed by atoms with Crippen molar-refractivity contribution in [2.75, 3.05) is 13.1 Å². The number of nitrogens with zero attached hydrogens (tertiary/aromatic N) is 2. The molecule has 0 aliphatic carbocycles. The van der Waals surface area contributed by atoms with Gasteiger partial charge in [-0.05, 0) is 67.1 Å². The maximum Gasteiger partial charge on any atom is 0.335 e. The molecule has 0 unspecified atom stereocenters. The monoisotopic (exact) mass is 410 g/mol. The zero-order valence-electron chi connectivity index (χ0n) is 16.3. The smallest absolute Gasteiger partial charge is 0.335 e. The maximum atomic E-state index is 12.5. The Morgan fingerprint density at radius 1 is 1.14 bits per heavy atom. The first-order chi connectivity index (χ1) is 14.0. The highest BCUT2D eigenvalue weighted by atomic mass is 32.2. The average molecular weight is 410 g/mol. The minimum Gasteiger partial charge on any atom is -0.489 e. The van der Waals surface area contributed by atoms with Gasteiger partial charge in [0.1, 0.15) is 12.4 Å². The molecule has 1 fully saturated rings. The molecule has 2 aromatic carbocycles. The van der Waals surface area contributed by atoms with Crippen molar-refractivity contribution in [1.29, 1.82) is 0 Å². The molecule has 0 saturated carbocycles.